The van der Waals surface area contributed by atoms with Crippen LogP contribution in [0.2, 0.25) is 0 Å². The average molecular weight is 532 g/mol. The standard InChI is InChI=1S/C23H33IO6/c1-4-5-6-7-8-12-15-23(28)16-18(24)22(27)21(23)19(30-17(2)25)13-10-9-11-14-20(26)29-3/h8,10,12-13,16,19,21,28H,4-7,9,11,14-15H2,1-3H3/b12-8-,13-10-/t19?,21-,23+/m0/s1. The zero-order valence-corrected chi connectivity index (χ0v) is 20.2. The van der Waals surface area contributed by atoms with Crippen molar-refractivity contribution in [1.82, 2.24) is 0 Å². The summed E-state index contributed by atoms with van der Waals surface area (Å²) in [5, 5.41) is 11.2. The predicted octanol–water partition coefficient (Wildman–Crippen LogP) is 4.59. The summed E-state index contributed by atoms with van der Waals surface area (Å²) in [6, 6.07) is 0. The smallest absolute Gasteiger partial charge is 0.305 e. The number of rotatable bonds is 13. The summed E-state index contributed by atoms with van der Waals surface area (Å²) in [4.78, 5) is 35.6. The van der Waals surface area contributed by atoms with Gasteiger partial charge in [-0.1, -0.05) is 38.0 Å². The second-order valence-corrected chi connectivity index (χ2v) is 8.63. The number of esters is 2. The Bertz CT molecular complexity index is 681. The van der Waals surface area contributed by atoms with Gasteiger partial charge in [-0.3, -0.25) is 14.4 Å². The molecule has 0 aromatic heterocycles. The summed E-state index contributed by atoms with van der Waals surface area (Å²) in [7, 11) is 1.34. The molecule has 0 aliphatic heterocycles. The van der Waals surface area contributed by atoms with Crippen molar-refractivity contribution < 1.29 is 29.0 Å². The molecule has 0 aromatic carbocycles. The van der Waals surface area contributed by atoms with Crippen molar-refractivity contribution in [3.63, 3.8) is 0 Å². The number of allylic oxidation sites excluding steroid dienone is 3. The highest BCUT2D eigenvalue weighted by molar-refractivity contribution is 14.1. The monoisotopic (exact) mass is 532 g/mol. The van der Waals surface area contributed by atoms with Gasteiger partial charge in [0.05, 0.1) is 16.6 Å². The topological polar surface area (TPSA) is 89.9 Å². The second kappa shape index (κ2) is 13.7. The molecule has 0 spiro atoms. The minimum Gasteiger partial charge on any atom is -0.469 e. The number of unbranched alkanes of at least 4 members (excludes halogenated alkanes) is 4. The van der Waals surface area contributed by atoms with Crippen molar-refractivity contribution in [1.29, 1.82) is 0 Å². The van der Waals surface area contributed by atoms with Gasteiger partial charge in [0, 0.05) is 13.3 Å². The van der Waals surface area contributed by atoms with Gasteiger partial charge >= 0.3 is 11.9 Å². The Labute approximate surface area is 192 Å². The van der Waals surface area contributed by atoms with Crippen molar-refractivity contribution in [2.24, 2.45) is 5.92 Å². The van der Waals surface area contributed by atoms with E-state index in [-0.39, 0.29) is 24.6 Å². The molecule has 1 N–H and O–H groups in total. The van der Waals surface area contributed by atoms with Crippen LogP contribution in [-0.4, -0.2) is 41.6 Å². The molecule has 0 heterocycles. The molecule has 0 saturated carbocycles. The number of hydrogen-bond acceptors (Lipinski definition) is 6. The van der Waals surface area contributed by atoms with E-state index in [1.807, 2.05) is 34.7 Å². The first-order valence-corrected chi connectivity index (χ1v) is 11.5. The molecule has 1 aliphatic carbocycles. The molecule has 30 heavy (non-hydrogen) atoms. The number of carbonyl (C=O) groups is 3. The Morgan fingerprint density at radius 2 is 1.93 bits per heavy atom. The van der Waals surface area contributed by atoms with Gasteiger partial charge in [-0.05, 0) is 66.8 Å². The maximum atomic E-state index is 12.8. The summed E-state index contributed by atoms with van der Waals surface area (Å²) in [6.45, 7) is 3.43. The number of halogens is 1. The van der Waals surface area contributed by atoms with Crippen LogP contribution in [0.5, 0.6) is 0 Å². The summed E-state index contributed by atoms with van der Waals surface area (Å²) in [6.07, 6.45) is 14.0. The minimum atomic E-state index is -1.41. The highest BCUT2D eigenvalue weighted by Gasteiger charge is 2.50. The fraction of sp³-hybridized carbons (Fsp3) is 0.609. The van der Waals surface area contributed by atoms with Gasteiger partial charge in [-0.2, -0.15) is 0 Å². The average Bonchev–Trinajstić information content (AvgIpc) is 2.91. The molecule has 0 saturated heterocycles. The van der Waals surface area contributed by atoms with Gasteiger partial charge < -0.3 is 14.6 Å². The molecule has 0 bridgehead atoms. The van der Waals surface area contributed by atoms with E-state index in [4.69, 9.17) is 4.74 Å². The molecule has 0 radical (unpaired) electrons. The number of carbonyl (C=O) groups excluding carboxylic acids is 3. The molecule has 6 nitrogen and oxygen atoms in total. The number of ether oxygens (including phenoxy) is 2. The second-order valence-electron chi connectivity index (χ2n) is 7.47. The van der Waals surface area contributed by atoms with Crippen LogP contribution in [0.4, 0.5) is 0 Å². The third kappa shape index (κ3) is 8.71. The quantitative estimate of drug-likeness (QED) is 0.162. The molecule has 0 fully saturated rings. The van der Waals surface area contributed by atoms with E-state index in [2.05, 4.69) is 11.7 Å². The van der Waals surface area contributed by atoms with Crippen LogP contribution in [0.1, 0.15) is 65.2 Å². The van der Waals surface area contributed by atoms with Crippen molar-refractivity contribution in [3.8, 4) is 0 Å². The maximum Gasteiger partial charge on any atom is 0.305 e. The Morgan fingerprint density at radius 3 is 2.57 bits per heavy atom. The zero-order valence-electron chi connectivity index (χ0n) is 18.1. The number of methoxy groups -OCH3 is 1. The first kappa shape index (κ1) is 26.6. The van der Waals surface area contributed by atoms with E-state index in [0.717, 1.165) is 25.7 Å². The zero-order chi connectivity index (χ0) is 22.6. The first-order valence-electron chi connectivity index (χ1n) is 10.5. The van der Waals surface area contributed by atoms with Gasteiger partial charge in [0.25, 0.3) is 0 Å². The highest BCUT2D eigenvalue weighted by atomic mass is 127. The number of aliphatic hydroxyl groups is 1. The lowest BCUT2D eigenvalue weighted by atomic mass is 9.82. The van der Waals surface area contributed by atoms with E-state index >= 15 is 0 Å². The Kier molecular flexibility index (Phi) is 12.2. The fourth-order valence-corrected chi connectivity index (χ4v) is 4.26. The number of hydrogen-bond donors (Lipinski definition) is 1. The van der Waals surface area contributed by atoms with Crippen LogP contribution in [0, 0.1) is 5.92 Å². The molecular formula is C23H33IO6. The third-order valence-corrected chi connectivity index (χ3v) is 5.80. The first-order chi connectivity index (χ1) is 14.2. The molecule has 1 rings (SSSR count). The van der Waals surface area contributed by atoms with Gasteiger partial charge in [-0.25, -0.2) is 0 Å². The molecule has 0 aromatic rings. The highest BCUT2D eigenvalue weighted by Crippen LogP contribution is 2.40. The lowest BCUT2D eigenvalue weighted by molar-refractivity contribution is -0.151. The molecule has 0 amide bonds. The Balaban J connectivity index is 2.88. The SMILES string of the molecule is CCCCC/C=C\C[C@@]1(O)C=C(I)C(=O)[C@@H]1C(/C=C\CCCC(=O)OC)OC(C)=O. The van der Waals surface area contributed by atoms with Crippen molar-refractivity contribution >= 4 is 40.3 Å². The lowest BCUT2D eigenvalue weighted by Gasteiger charge is -2.31. The minimum absolute atomic E-state index is 0.233. The van der Waals surface area contributed by atoms with Crippen LogP contribution in [0.25, 0.3) is 0 Å². The van der Waals surface area contributed by atoms with E-state index in [1.165, 1.54) is 14.0 Å². The van der Waals surface area contributed by atoms with Crippen molar-refractivity contribution in [3.05, 3.63) is 34.0 Å². The van der Waals surface area contributed by atoms with Gasteiger partial charge in [0.15, 0.2) is 5.78 Å². The van der Waals surface area contributed by atoms with E-state index in [1.54, 1.807) is 18.2 Å². The normalized spacial score (nSPS) is 22.5. The van der Waals surface area contributed by atoms with Crippen LogP contribution in [0.15, 0.2) is 34.0 Å². The summed E-state index contributed by atoms with van der Waals surface area (Å²) in [5.41, 5.74) is -1.41. The number of ketones is 1. The maximum absolute atomic E-state index is 12.8. The molecule has 1 unspecified atom stereocenters. The molecule has 7 heteroatoms. The summed E-state index contributed by atoms with van der Waals surface area (Å²) < 4.78 is 10.4. The molecule has 3 atom stereocenters. The van der Waals surface area contributed by atoms with Crippen LogP contribution < -0.4 is 0 Å². The molecule has 1 aliphatic rings. The Morgan fingerprint density at radius 1 is 1.23 bits per heavy atom. The summed E-state index contributed by atoms with van der Waals surface area (Å²) in [5.74, 6) is -1.94. The van der Waals surface area contributed by atoms with Crippen LogP contribution >= 0.6 is 22.6 Å². The summed E-state index contributed by atoms with van der Waals surface area (Å²) >= 11 is 1.92. The van der Waals surface area contributed by atoms with E-state index in [9.17, 15) is 19.5 Å². The number of Topliss-reactive ketones (excluding diaryl/α,β-unsaturated/α-hetero) is 1. The van der Waals surface area contributed by atoms with E-state index < -0.39 is 23.6 Å². The molecule has 168 valence electrons. The van der Waals surface area contributed by atoms with Gasteiger partial charge in [0.2, 0.25) is 0 Å². The van der Waals surface area contributed by atoms with Gasteiger partial charge in [-0.15, -0.1) is 0 Å². The van der Waals surface area contributed by atoms with Crippen LogP contribution in [0.3, 0.4) is 0 Å². The van der Waals surface area contributed by atoms with E-state index in [0.29, 0.717) is 16.4 Å². The predicted molar refractivity (Wildman–Crippen MR) is 124 cm³/mol. The Hall–Kier alpha value is -1.48. The van der Waals surface area contributed by atoms with Crippen LogP contribution in [-0.2, 0) is 23.9 Å². The fourth-order valence-electron chi connectivity index (χ4n) is 3.38. The lowest BCUT2D eigenvalue weighted by Crippen LogP contribution is -2.44. The van der Waals surface area contributed by atoms with Gasteiger partial charge in [0.1, 0.15) is 11.7 Å². The largest absolute Gasteiger partial charge is 0.469 e. The molecular weight excluding hydrogens is 499 g/mol. The third-order valence-electron chi connectivity index (χ3n) is 4.95. The van der Waals surface area contributed by atoms with Crippen molar-refractivity contribution in [2.45, 2.75) is 76.9 Å². The van der Waals surface area contributed by atoms with Crippen molar-refractivity contribution in [2.75, 3.05) is 7.11 Å².